The monoisotopic (exact) mass is 1870 g/mol. The van der Waals surface area contributed by atoms with Crippen LogP contribution in [0.5, 0.6) is 0 Å². The molecule has 23 aromatic carbocycles. The molecule has 2 unspecified atom stereocenters. The lowest BCUT2D eigenvalue weighted by Crippen LogP contribution is -2.26. The minimum absolute atomic E-state index is 0.231. The molecule has 2 spiro atoms. The fraction of sp³-hybridized carbons (Fsp3) is 0.0350. The van der Waals surface area contributed by atoms with E-state index in [4.69, 9.17) is 0 Å². The molecule has 0 fully saturated rings. The lowest BCUT2D eigenvalue weighted by Gasteiger charge is -2.34. The molecule has 0 bridgehead atoms. The Labute approximate surface area is 859 Å². The summed E-state index contributed by atoms with van der Waals surface area (Å²) in [5.41, 5.74) is 52.6. The molecule has 2 atom stereocenters. The molecule has 0 heterocycles. The predicted octanol–water partition coefficient (Wildman–Crippen LogP) is 38.2. The number of para-hydroxylation sites is 2. The van der Waals surface area contributed by atoms with E-state index in [1.165, 1.54) is 139 Å². The Morgan fingerprint density at radius 3 is 0.769 bits per heavy atom. The largest absolute Gasteiger partial charge is 0.310 e. The van der Waals surface area contributed by atoms with Gasteiger partial charge in [0.1, 0.15) is 0 Å². The van der Waals surface area contributed by atoms with Gasteiger partial charge in [-0.2, -0.15) is 0 Å². The first kappa shape index (κ1) is 86.2. The zero-order valence-electron chi connectivity index (χ0n) is 81.4. The van der Waals surface area contributed by atoms with E-state index >= 15 is 0 Å². The van der Waals surface area contributed by atoms with E-state index in [1.54, 1.807) is 0 Å². The maximum absolute atomic E-state index is 2.58. The lowest BCUT2D eigenvalue weighted by atomic mass is 9.70. The summed E-state index contributed by atoms with van der Waals surface area (Å²) in [6.45, 7) is 4.79. The Kier molecular flexibility index (Phi) is 20.4. The third-order valence-corrected chi connectivity index (χ3v) is 31.9. The van der Waals surface area contributed by atoms with Crippen LogP contribution in [-0.4, -0.2) is 0 Å². The van der Waals surface area contributed by atoms with Crippen LogP contribution in [0.1, 0.15) is 69.5 Å². The van der Waals surface area contributed by atoms with Gasteiger partial charge in [-0.3, -0.25) is 0 Å². The molecule has 0 N–H and O–H groups in total. The molecule has 5 aliphatic carbocycles. The zero-order valence-corrected chi connectivity index (χ0v) is 81.4. The van der Waals surface area contributed by atoms with Crippen LogP contribution in [0.25, 0.3) is 134 Å². The molecule has 0 radical (unpaired) electrons. The summed E-state index contributed by atoms with van der Waals surface area (Å²) in [5.74, 6) is 0. The smallest absolute Gasteiger partial charge is 0.0727 e. The highest BCUT2D eigenvalue weighted by atomic mass is 15.2. The summed E-state index contributed by atoms with van der Waals surface area (Å²) < 4.78 is 0. The predicted molar refractivity (Wildman–Crippen MR) is 613 cm³/mol. The molecule has 0 aromatic heterocycles. The van der Waals surface area contributed by atoms with Crippen molar-refractivity contribution in [1.29, 1.82) is 0 Å². The number of hydrogen-bond donors (Lipinski definition) is 0. The molecule has 23 aromatic rings. The second-order valence-corrected chi connectivity index (χ2v) is 40.0. The van der Waals surface area contributed by atoms with Crippen LogP contribution in [0.15, 0.2) is 558 Å². The highest BCUT2D eigenvalue weighted by Gasteiger charge is 2.55. The van der Waals surface area contributed by atoms with Gasteiger partial charge in [0.25, 0.3) is 0 Å². The Morgan fingerprint density at radius 1 is 0.122 bits per heavy atom. The van der Waals surface area contributed by atoms with E-state index < -0.39 is 10.8 Å². The minimum Gasteiger partial charge on any atom is -0.310 e. The number of benzene rings is 23. The van der Waals surface area contributed by atoms with E-state index in [9.17, 15) is 0 Å². The first-order valence-corrected chi connectivity index (χ1v) is 51.2. The number of rotatable bonds is 19. The molecule has 0 amide bonds. The third kappa shape index (κ3) is 13.7. The average molecular weight is 1870 g/mol. The first-order chi connectivity index (χ1) is 72.7. The Morgan fingerprint density at radius 2 is 0.354 bits per heavy atom. The van der Waals surface area contributed by atoms with Crippen LogP contribution in [-0.2, 0) is 16.2 Å². The number of nitrogens with zero attached hydrogens (tertiary/aromatic N) is 4. The van der Waals surface area contributed by atoms with Crippen molar-refractivity contribution in [2.75, 3.05) is 19.6 Å². The Balaban J connectivity index is 0.550. The Bertz CT molecular complexity index is 9010. The van der Waals surface area contributed by atoms with Gasteiger partial charge in [-0.1, -0.05) is 451 Å². The maximum Gasteiger partial charge on any atom is 0.0727 e. The van der Waals surface area contributed by atoms with Crippen molar-refractivity contribution in [2.24, 2.45) is 0 Å². The molecule has 28 rings (SSSR count). The lowest BCUT2D eigenvalue weighted by molar-refractivity contribution is 0.660. The quantitative estimate of drug-likeness (QED) is 0.0800. The topological polar surface area (TPSA) is 13.0 Å². The van der Waals surface area contributed by atoms with Gasteiger partial charge in [-0.25, -0.2) is 0 Å². The van der Waals surface area contributed by atoms with Crippen LogP contribution < -0.4 is 19.6 Å². The number of hydrogen-bond acceptors (Lipinski definition) is 4. The molecule has 0 saturated carbocycles. The minimum atomic E-state index is -0.733. The van der Waals surface area contributed by atoms with E-state index in [2.05, 4.69) is 592 Å². The SMILES string of the molecule is CC1(C)c2ccccc2-c2ccc(N(c3ccccc3-c3ccccc3)c3cccc4c3-c3ccccc3C43c4ccccc4-c4ccc(N(c5cccc(-c6ccc(-c7ccc(N(c8ccc(-c9ccccc9)cc8)c8cccc9c8-c8ccccc8C98c9ccccc9-c9ccc(N(c%10ccc(-c%11ccccc%11)cc%10)c%10ccc(-c%11ccccc%11)cc%10)cc98)cc7)cc6)c5)c5ccccc5-c5ccccc5)cc43)cc21. The van der Waals surface area contributed by atoms with Gasteiger partial charge in [-0.15, -0.1) is 0 Å². The van der Waals surface area contributed by atoms with Crippen LogP contribution in [0.4, 0.5) is 68.2 Å². The molecule has 5 aliphatic rings. The second-order valence-electron chi connectivity index (χ2n) is 40.0. The normalized spacial score (nSPS) is 14.4. The van der Waals surface area contributed by atoms with Gasteiger partial charge >= 0.3 is 0 Å². The summed E-state index contributed by atoms with van der Waals surface area (Å²) in [6, 6.07) is 209. The van der Waals surface area contributed by atoms with Crippen LogP contribution in [0.2, 0.25) is 0 Å². The molecule has 0 saturated heterocycles. The molecular weight excluding hydrogens is 1770 g/mol. The van der Waals surface area contributed by atoms with Crippen LogP contribution in [0, 0.1) is 0 Å². The first-order valence-electron chi connectivity index (χ1n) is 51.2. The van der Waals surface area contributed by atoms with E-state index in [1.807, 2.05) is 0 Å². The van der Waals surface area contributed by atoms with Crippen molar-refractivity contribution in [3.05, 3.63) is 614 Å². The molecule has 690 valence electrons. The van der Waals surface area contributed by atoms with E-state index in [0.717, 1.165) is 118 Å². The Hall–Kier alpha value is -18.7. The molecule has 4 nitrogen and oxygen atoms in total. The maximum atomic E-state index is 2.58. The average Bonchev–Trinajstić information content (AvgIpc) is 1.50. The zero-order chi connectivity index (χ0) is 97.4. The number of fused-ring (bicyclic) bond motifs is 23. The van der Waals surface area contributed by atoms with Crippen LogP contribution in [0.3, 0.4) is 0 Å². The standard InChI is InChI=1S/C143H98N4/c1-141(2)125-54-25-18-49-117(125)120-88-87-114(92-132(120)141)147(136-62-31-24-48-116(136)105-43-16-7-17-44-105)138-64-34-60-131-140(138)124-53-22-29-58-129(124)143(131)127-56-27-20-51-119(127)122-90-86-113(94-134(122)143)146(135-61-30-23-47-115(135)104-41-14-6-15-42-104)111-46-32-45-106(91-111)103-67-65-98(66-68-103)102-75-83-110(84-76-102)145(109-81-73-101(74-82-109)97-39-12-5-13-40-97)137-63-33-59-130-139(137)123-52-21-28-57-128(123)142(130)126-55-26-19-50-118(126)121-89-85-112(93-133(121)142)144(107-77-69-99(70-78-107)95-35-8-3-9-36-95)108-79-71-100(72-80-108)96-37-10-4-11-38-96/h3-94H,1-2H3. The summed E-state index contributed by atoms with van der Waals surface area (Å²) in [6.07, 6.45) is 0. The molecule has 0 aliphatic heterocycles. The van der Waals surface area contributed by atoms with E-state index in [0.29, 0.717) is 0 Å². The summed E-state index contributed by atoms with van der Waals surface area (Å²) >= 11 is 0. The van der Waals surface area contributed by atoms with Crippen molar-refractivity contribution in [2.45, 2.75) is 30.1 Å². The molecule has 4 heteroatoms. The van der Waals surface area contributed by atoms with Gasteiger partial charge in [0.2, 0.25) is 0 Å². The van der Waals surface area contributed by atoms with Gasteiger partial charge in [0.05, 0.1) is 33.6 Å². The van der Waals surface area contributed by atoms with Crippen LogP contribution >= 0.6 is 0 Å². The van der Waals surface area contributed by atoms with Gasteiger partial charge in [0, 0.05) is 73.2 Å². The van der Waals surface area contributed by atoms with E-state index in [-0.39, 0.29) is 5.41 Å². The van der Waals surface area contributed by atoms with Gasteiger partial charge in [-0.05, 0) is 288 Å². The van der Waals surface area contributed by atoms with Crippen molar-refractivity contribution >= 4 is 68.2 Å². The highest BCUT2D eigenvalue weighted by Crippen LogP contribution is 2.69. The van der Waals surface area contributed by atoms with Crippen molar-refractivity contribution < 1.29 is 0 Å². The molecule has 147 heavy (non-hydrogen) atoms. The fourth-order valence-electron chi connectivity index (χ4n) is 25.3. The van der Waals surface area contributed by atoms with Crippen molar-refractivity contribution in [3.63, 3.8) is 0 Å². The third-order valence-electron chi connectivity index (χ3n) is 31.9. The van der Waals surface area contributed by atoms with Crippen molar-refractivity contribution in [1.82, 2.24) is 0 Å². The summed E-state index contributed by atoms with van der Waals surface area (Å²) in [5, 5.41) is 0. The fourth-order valence-corrected chi connectivity index (χ4v) is 25.3. The van der Waals surface area contributed by atoms with Gasteiger partial charge < -0.3 is 19.6 Å². The van der Waals surface area contributed by atoms with Crippen molar-refractivity contribution in [3.8, 4) is 134 Å². The summed E-state index contributed by atoms with van der Waals surface area (Å²) in [4.78, 5) is 10.0. The van der Waals surface area contributed by atoms with Gasteiger partial charge in [0.15, 0.2) is 0 Å². The molecular formula is C143H98N4. The number of anilines is 12. The second kappa shape index (κ2) is 34.9. The summed E-state index contributed by atoms with van der Waals surface area (Å²) in [7, 11) is 0. The highest BCUT2D eigenvalue weighted by molar-refractivity contribution is 6.07.